The van der Waals surface area contributed by atoms with Crippen LogP contribution in [0.1, 0.15) is 30.1 Å². The highest BCUT2D eigenvalue weighted by Gasteiger charge is 2.30. The van der Waals surface area contributed by atoms with Crippen molar-refractivity contribution < 1.29 is 14.7 Å². The Kier molecular flexibility index (Phi) is 4.45. The van der Waals surface area contributed by atoms with Gasteiger partial charge in [-0.1, -0.05) is 0 Å². The highest BCUT2D eigenvalue weighted by Crippen LogP contribution is 2.27. The van der Waals surface area contributed by atoms with Gasteiger partial charge in [-0.05, 0) is 31.9 Å². The van der Waals surface area contributed by atoms with Crippen LogP contribution in [0.25, 0.3) is 0 Å². The molecule has 6 heteroatoms. The maximum atomic E-state index is 11.8. The molecule has 1 aromatic rings. The second-order valence-corrected chi connectivity index (χ2v) is 5.71. The lowest BCUT2D eigenvalue weighted by molar-refractivity contribution is -0.142. The van der Waals surface area contributed by atoms with E-state index in [2.05, 4.69) is 9.88 Å². The molecule has 1 aliphatic rings. The van der Waals surface area contributed by atoms with E-state index in [0.29, 0.717) is 24.9 Å². The van der Waals surface area contributed by atoms with E-state index in [1.54, 1.807) is 26.4 Å². The quantitative estimate of drug-likeness (QED) is 0.913. The number of carbonyl (C=O) groups is 2. The molecule has 0 aliphatic carbocycles. The summed E-state index contributed by atoms with van der Waals surface area (Å²) in [6.07, 6.45) is 2.82. The molecule has 21 heavy (non-hydrogen) atoms. The van der Waals surface area contributed by atoms with Crippen molar-refractivity contribution >= 4 is 17.7 Å². The van der Waals surface area contributed by atoms with Gasteiger partial charge in [-0.15, -0.1) is 0 Å². The maximum absolute atomic E-state index is 11.8. The molecule has 0 saturated carbocycles. The fourth-order valence-corrected chi connectivity index (χ4v) is 2.68. The molecule has 1 saturated heterocycles. The minimum atomic E-state index is -0.721. The number of anilines is 1. The van der Waals surface area contributed by atoms with Crippen LogP contribution in [0.5, 0.6) is 0 Å². The van der Waals surface area contributed by atoms with Crippen molar-refractivity contribution in [2.24, 2.45) is 5.92 Å². The average Bonchev–Trinajstić information content (AvgIpc) is 2.46. The van der Waals surface area contributed by atoms with Crippen LogP contribution in [0, 0.1) is 5.92 Å². The van der Waals surface area contributed by atoms with Gasteiger partial charge in [0.15, 0.2) is 0 Å². The van der Waals surface area contributed by atoms with Gasteiger partial charge < -0.3 is 14.9 Å². The standard InChI is InChI=1S/C15H21N3O3/c1-10-8-11(15(20)21)6-7-18(10)13-5-4-12(9-16-13)14(19)17(2)3/h4-5,9-11H,6-8H2,1-3H3,(H,20,21). The lowest BCUT2D eigenvalue weighted by Gasteiger charge is -2.37. The van der Waals surface area contributed by atoms with Gasteiger partial charge in [-0.25, -0.2) is 4.98 Å². The SMILES string of the molecule is CC1CC(C(=O)O)CCN1c1ccc(C(=O)N(C)C)cn1. The van der Waals surface area contributed by atoms with Crippen LogP contribution >= 0.6 is 0 Å². The fraction of sp³-hybridized carbons (Fsp3) is 0.533. The molecule has 0 spiro atoms. The van der Waals surface area contributed by atoms with E-state index < -0.39 is 5.97 Å². The predicted octanol–water partition coefficient (Wildman–Crippen LogP) is 1.47. The smallest absolute Gasteiger partial charge is 0.306 e. The van der Waals surface area contributed by atoms with Crippen LogP contribution in [-0.2, 0) is 4.79 Å². The highest BCUT2D eigenvalue weighted by molar-refractivity contribution is 5.93. The molecule has 2 rings (SSSR count). The normalized spacial score (nSPS) is 22.0. The maximum Gasteiger partial charge on any atom is 0.306 e. The molecule has 1 N–H and O–H groups in total. The Morgan fingerprint density at radius 1 is 1.38 bits per heavy atom. The zero-order valence-electron chi connectivity index (χ0n) is 12.6. The van der Waals surface area contributed by atoms with Gasteiger partial charge >= 0.3 is 5.97 Å². The number of carbonyl (C=O) groups excluding carboxylic acids is 1. The Morgan fingerprint density at radius 3 is 2.57 bits per heavy atom. The Labute approximate surface area is 124 Å². The number of hydrogen-bond donors (Lipinski definition) is 1. The summed E-state index contributed by atoms with van der Waals surface area (Å²) < 4.78 is 0. The lowest BCUT2D eigenvalue weighted by atomic mass is 9.92. The molecule has 0 bridgehead atoms. The van der Waals surface area contributed by atoms with E-state index in [9.17, 15) is 9.59 Å². The first-order chi connectivity index (χ1) is 9.90. The molecule has 1 aliphatic heterocycles. The first-order valence-electron chi connectivity index (χ1n) is 7.07. The molecule has 6 nitrogen and oxygen atoms in total. The third-order valence-electron chi connectivity index (χ3n) is 3.92. The van der Waals surface area contributed by atoms with E-state index in [1.165, 1.54) is 4.90 Å². The number of hydrogen-bond acceptors (Lipinski definition) is 4. The van der Waals surface area contributed by atoms with Crippen LogP contribution in [0.4, 0.5) is 5.82 Å². The van der Waals surface area contributed by atoms with E-state index in [0.717, 1.165) is 5.82 Å². The second kappa shape index (κ2) is 6.11. The van der Waals surface area contributed by atoms with Crippen molar-refractivity contribution in [1.29, 1.82) is 0 Å². The molecular formula is C15H21N3O3. The predicted molar refractivity (Wildman–Crippen MR) is 79.4 cm³/mol. The van der Waals surface area contributed by atoms with Crippen LogP contribution in [-0.4, -0.2) is 53.5 Å². The molecule has 0 radical (unpaired) electrons. The summed E-state index contributed by atoms with van der Waals surface area (Å²) in [6, 6.07) is 3.72. The molecule has 2 unspecified atom stereocenters. The summed E-state index contributed by atoms with van der Waals surface area (Å²) in [6.45, 7) is 2.68. The summed E-state index contributed by atoms with van der Waals surface area (Å²) in [4.78, 5) is 30.8. The number of aromatic nitrogens is 1. The van der Waals surface area contributed by atoms with Gasteiger partial charge in [-0.3, -0.25) is 9.59 Å². The largest absolute Gasteiger partial charge is 0.481 e. The van der Waals surface area contributed by atoms with Crippen LogP contribution < -0.4 is 4.90 Å². The summed E-state index contributed by atoms with van der Waals surface area (Å²) >= 11 is 0. The first kappa shape index (κ1) is 15.3. The lowest BCUT2D eigenvalue weighted by Crippen LogP contribution is -2.43. The van der Waals surface area contributed by atoms with Gasteiger partial charge in [0, 0.05) is 32.9 Å². The zero-order valence-corrected chi connectivity index (χ0v) is 12.6. The third-order valence-corrected chi connectivity index (χ3v) is 3.92. The number of carboxylic acid groups (broad SMARTS) is 1. The van der Waals surface area contributed by atoms with E-state index in [4.69, 9.17) is 5.11 Å². The van der Waals surface area contributed by atoms with Gasteiger partial charge in [0.25, 0.3) is 5.91 Å². The van der Waals surface area contributed by atoms with Crippen molar-refractivity contribution in [2.75, 3.05) is 25.5 Å². The topological polar surface area (TPSA) is 73.7 Å². The van der Waals surface area contributed by atoms with Gasteiger partial charge in [0.2, 0.25) is 0 Å². The Bertz CT molecular complexity index is 527. The number of aliphatic carboxylic acids is 1. The number of rotatable bonds is 3. The monoisotopic (exact) mass is 291 g/mol. The molecule has 114 valence electrons. The van der Waals surface area contributed by atoms with Crippen LogP contribution in [0.3, 0.4) is 0 Å². The molecule has 2 heterocycles. The van der Waals surface area contributed by atoms with Gasteiger partial charge in [0.1, 0.15) is 5.82 Å². The summed E-state index contributed by atoms with van der Waals surface area (Å²) in [5, 5.41) is 9.09. The van der Waals surface area contributed by atoms with Crippen molar-refractivity contribution in [3.05, 3.63) is 23.9 Å². The summed E-state index contributed by atoms with van der Waals surface area (Å²) in [7, 11) is 3.41. The van der Waals surface area contributed by atoms with Crippen molar-refractivity contribution in [3.8, 4) is 0 Å². The molecule has 1 amide bonds. The number of nitrogens with zero attached hydrogens (tertiary/aromatic N) is 3. The number of piperidine rings is 1. The Balaban J connectivity index is 2.09. The van der Waals surface area contributed by atoms with Crippen LogP contribution in [0.15, 0.2) is 18.3 Å². The molecule has 2 atom stereocenters. The Morgan fingerprint density at radius 2 is 2.10 bits per heavy atom. The van der Waals surface area contributed by atoms with Gasteiger partial charge in [0.05, 0.1) is 11.5 Å². The minimum absolute atomic E-state index is 0.0771. The van der Waals surface area contributed by atoms with Crippen molar-refractivity contribution in [1.82, 2.24) is 9.88 Å². The van der Waals surface area contributed by atoms with E-state index in [-0.39, 0.29) is 17.9 Å². The molecule has 0 aromatic carbocycles. The number of amides is 1. The van der Waals surface area contributed by atoms with E-state index >= 15 is 0 Å². The summed E-state index contributed by atoms with van der Waals surface area (Å²) in [5.74, 6) is -0.277. The first-order valence-corrected chi connectivity index (χ1v) is 7.07. The average molecular weight is 291 g/mol. The summed E-state index contributed by atoms with van der Waals surface area (Å²) in [5.41, 5.74) is 0.553. The third kappa shape index (κ3) is 3.32. The van der Waals surface area contributed by atoms with Crippen LogP contribution in [0.2, 0.25) is 0 Å². The highest BCUT2D eigenvalue weighted by atomic mass is 16.4. The van der Waals surface area contributed by atoms with Crippen molar-refractivity contribution in [3.63, 3.8) is 0 Å². The van der Waals surface area contributed by atoms with Gasteiger partial charge in [-0.2, -0.15) is 0 Å². The number of carboxylic acids is 1. The molecular weight excluding hydrogens is 270 g/mol. The number of pyridine rings is 1. The molecule has 1 aromatic heterocycles. The Hall–Kier alpha value is -2.11. The van der Waals surface area contributed by atoms with E-state index in [1.807, 2.05) is 13.0 Å². The second-order valence-electron chi connectivity index (χ2n) is 5.71. The minimum Gasteiger partial charge on any atom is -0.481 e. The fourth-order valence-electron chi connectivity index (χ4n) is 2.68. The van der Waals surface area contributed by atoms with Crippen molar-refractivity contribution in [2.45, 2.75) is 25.8 Å². The molecule has 1 fully saturated rings. The zero-order chi connectivity index (χ0) is 15.6.